The Kier molecular flexibility index (Phi) is 5.26. The molecule has 3 aromatic carbocycles. The topological polar surface area (TPSA) is 33.2 Å². The van der Waals surface area contributed by atoms with Crippen molar-refractivity contribution >= 4 is 65.6 Å². The molecule has 31 heavy (non-hydrogen) atoms. The van der Waals surface area contributed by atoms with Crippen LogP contribution >= 0.6 is 34.3 Å². The number of thiophene rings is 1. The SMILES string of the molecule is Cc1ccc2sc(N(Cc3ccccc3)C(=O)c3sc4ccccc4c3Cl)nc2c1C. The third-order valence-corrected chi connectivity index (χ3v) is 8.17. The highest BCUT2D eigenvalue weighted by atomic mass is 35.5. The number of nitrogens with zero attached hydrogens (tertiary/aromatic N) is 2. The van der Waals surface area contributed by atoms with Crippen LogP contribution in [0.15, 0.2) is 66.7 Å². The molecule has 0 fully saturated rings. The summed E-state index contributed by atoms with van der Waals surface area (Å²) in [5, 5.41) is 2.11. The van der Waals surface area contributed by atoms with E-state index in [4.69, 9.17) is 16.6 Å². The monoisotopic (exact) mass is 462 g/mol. The van der Waals surface area contributed by atoms with Crippen molar-refractivity contribution in [2.75, 3.05) is 4.90 Å². The van der Waals surface area contributed by atoms with Crippen LogP contribution in [0.25, 0.3) is 20.3 Å². The predicted octanol–water partition coefficient (Wildman–Crippen LogP) is 7.63. The van der Waals surface area contributed by atoms with Crippen molar-refractivity contribution in [1.82, 2.24) is 4.98 Å². The lowest BCUT2D eigenvalue weighted by Gasteiger charge is -2.19. The number of carbonyl (C=O) groups excluding carboxylic acids is 1. The average Bonchev–Trinajstić information content (AvgIpc) is 3.37. The average molecular weight is 463 g/mol. The Labute approximate surface area is 193 Å². The molecule has 1 amide bonds. The second kappa shape index (κ2) is 8.08. The summed E-state index contributed by atoms with van der Waals surface area (Å²) in [5.41, 5.74) is 4.33. The van der Waals surface area contributed by atoms with Gasteiger partial charge in [0.1, 0.15) is 4.88 Å². The second-order valence-corrected chi connectivity index (χ2v) is 9.91. The van der Waals surface area contributed by atoms with Crippen molar-refractivity contribution < 1.29 is 4.79 Å². The van der Waals surface area contributed by atoms with Crippen LogP contribution in [0.3, 0.4) is 0 Å². The zero-order chi connectivity index (χ0) is 21.5. The van der Waals surface area contributed by atoms with Crippen LogP contribution in [0.5, 0.6) is 0 Å². The van der Waals surface area contributed by atoms with Gasteiger partial charge in [-0.25, -0.2) is 4.98 Å². The van der Waals surface area contributed by atoms with E-state index >= 15 is 0 Å². The lowest BCUT2D eigenvalue weighted by molar-refractivity contribution is 0.0989. The Balaban J connectivity index is 1.64. The van der Waals surface area contributed by atoms with E-state index in [-0.39, 0.29) is 5.91 Å². The maximum absolute atomic E-state index is 13.8. The summed E-state index contributed by atoms with van der Waals surface area (Å²) in [5.74, 6) is -0.122. The summed E-state index contributed by atoms with van der Waals surface area (Å²) < 4.78 is 2.08. The van der Waals surface area contributed by atoms with E-state index in [1.807, 2.05) is 54.6 Å². The van der Waals surface area contributed by atoms with Crippen molar-refractivity contribution in [2.45, 2.75) is 20.4 Å². The van der Waals surface area contributed by atoms with Gasteiger partial charge in [-0.15, -0.1) is 11.3 Å². The minimum absolute atomic E-state index is 0.122. The molecule has 0 saturated carbocycles. The van der Waals surface area contributed by atoms with Crippen molar-refractivity contribution in [3.63, 3.8) is 0 Å². The molecule has 154 valence electrons. The standard InChI is InChI=1S/C25H19ClN2OS2/c1-15-12-13-20-22(16(15)2)27-25(31-20)28(14-17-8-4-3-5-9-17)24(29)23-21(26)18-10-6-7-11-19(18)30-23/h3-13H,14H2,1-2H3. The molecule has 6 heteroatoms. The zero-order valence-electron chi connectivity index (χ0n) is 17.1. The number of hydrogen-bond acceptors (Lipinski definition) is 4. The van der Waals surface area contributed by atoms with Gasteiger partial charge in [0.2, 0.25) is 0 Å². The molecule has 0 radical (unpaired) electrons. The lowest BCUT2D eigenvalue weighted by Crippen LogP contribution is -2.29. The van der Waals surface area contributed by atoms with Gasteiger partial charge in [0.15, 0.2) is 5.13 Å². The molecule has 0 unspecified atom stereocenters. The number of aryl methyl sites for hydroxylation is 2. The number of hydrogen-bond donors (Lipinski definition) is 0. The van der Waals surface area contributed by atoms with Crippen molar-refractivity contribution in [2.24, 2.45) is 0 Å². The molecule has 2 heterocycles. The molecule has 2 aromatic heterocycles. The van der Waals surface area contributed by atoms with E-state index in [1.165, 1.54) is 28.2 Å². The van der Waals surface area contributed by atoms with Crippen LogP contribution in [0.1, 0.15) is 26.4 Å². The molecule has 0 N–H and O–H groups in total. The molecular weight excluding hydrogens is 444 g/mol. The fourth-order valence-electron chi connectivity index (χ4n) is 3.60. The van der Waals surface area contributed by atoms with Crippen molar-refractivity contribution in [1.29, 1.82) is 0 Å². The quantitative estimate of drug-likeness (QED) is 0.275. The molecule has 0 saturated heterocycles. The van der Waals surface area contributed by atoms with Gasteiger partial charge in [0, 0.05) is 10.1 Å². The van der Waals surface area contributed by atoms with Gasteiger partial charge >= 0.3 is 0 Å². The third kappa shape index (κ3) is 3.63. The first-order valence-corrected chi connectivity index (χ1v) is 11.9. The molecule has 5 aromatic rings. The highest BCUT2D eigenvalue weighted by Crippen LogP contribution is 2.39. The maximum Gasteiger partial charge on any atom is 0.272 e. The Hall–Kier alpha value is -2.73. The molecule has 3 nitrogen and oxygen atoms in total. The molecule has 0 aliphatic rings. The molecule has 0 spiro atoms. The number of fused-ring (bicyclic) bond motifs is 2. The molecule has 0 aliphatic heterocycles. The number of carbonyl (C=O) groups is 1. The number of anilines is 1. The molecule has 5 rings (SSSR count). The maximum atomic E-state index is 13.8. The van der Waals surface area contributed by atoms with Crippen molar-refractivity contribution in [3.8, 4) is 0 Å². The number of thiazole rings is 1. The molecule has 0 aliphatic carbocycles. The zero-order valence-corrected chi connectivity index (χ0v) is 19.4. The number of halogens is 1. The summed E-state index contributed by atoms with van der Waals surface area (Å²) in [7, 11) is 0. The van der Waals surface area contributed by atoms with Gasteiger partial charge in [-0.2, -0.15) is 0 Å². The fourth-order valence-corrected chi connectivity index (χ4v) is 6.08. The van der Waals surface area contributed by atoms with Crippen molar-refractivity contribution in [3.05, 3.63) is 93.3 Å². The van der Waals surface area contributed by atoms with Crippen LogP contribution in [0, 0.1) is 13.8 Å². The first-order chi connectivity index (χ1) is 15.0. The van der Waals surface area contributed by atoms with Gasteiger partial charge in [-0.3, -0.25) is 9.69 Å². The largest absolute Gasteiger partial charge is 0.279 e. The Morgan fingerprint density at radius 2 is 1.68 bits per heavy atom. The van der Waals surface area contributed by atoms with Crippen LogP contribution in [0.4, 0.5) is 5.13 Å². The normalized spacial score (nSPS) is 11.3. The first kappa shape index (κ1) is 20.2. The molecular formula is C25H19ClN2OS2. The lowest BCUT2D eigenvalue weighted by atomic mass is 10.1. The molecule has 0 bridgehead atoms. The number of rotatable bonds is 4. The van der Waals surface area contributed by atoms with Gasteiger partial charge < -0.3 is 0 Å². The highest BCUT2D eigenvalue weighted by Gasteiger charge is 2.26. The second-order valence-electron chi connectivity index (χ2n) is 7.47. The summed E-state index contributed by atoms with van der Waals surface area (Å²) in [6.07, 6.45) is 0. The third-order valence-electron chi connectivity index (χ3n) is 5.46. The predicted molar refractivity (Wildman–Crippen MR) is 133 cm³/mol. The summed E-state index contributed by atoms with van der Waals surface area (Å²) >= 11 is 9.63. The summed E-state index contributed by atoms with van der Waals surface area (Å²) in [6, 6.07) is 22.0. The van der Waals surface area contributed by atoms with E-state index in [9.17, 15) is 4.79 Å². The number of aromatic nitrogens is 1. The van der Waals surface area contributed by atoms with Crippen LogP contribution in [-0.2, 0) is 6.54 Å². The summed E-state index contributed by atoms with van der Waals surface area (Å²) in [4.78, 5) is 21.0. The number of benzene rings is 3. The van der Waals surface area contributed by atoms with Gasteiger partial charge in [-0.05, 0) is 42.7 Å². The fraction of sp³-hybridized carbons (Fsp3) is 0.120. The van der Waals surface area contributed by atoms with Gasteiger partial charge in [0.25, 0.3) is 5.91 Å². The highest BCUT2D eigenvalue weighted by molar-refractivity contribution is 7.23. The number of amides is 1. The van der Waals surface area contributed by atoms with E-state index in [2.05, 4.69) is 26.0 Å². The van der Waals surface area contributed by atoms with E-state index < -0.39 is 0 Å². The van der Waals surface area contributed by atoms with E-state index in [0.717, 1.165) is 31.4 Å². The molecule has 0 atom stereocenters. The Morgan fingerprint density at radius 1 is 0.935 bits per heavy atom. The Morgan fingerprint density at radius 3 is 2.45 bits per heavy atom. The van der Waals surface area contributed by atoms with Crippen LogP contribution in [-0.4, -0.2) is 10.9 Å². The Bertz CT molecular complexity index is 1420. The van der Waals surface area contributed by atoms with Crippen LogP contribution < -0.4 is 4.90 Å². The smallest absolute Gasteiger partial charge is 0.272 e. The van der Waals surface area contributed by atoms with Gasteiger partial charge in [-0.1, -0.05) is 77.5 Å². The van der Waals surface area contributed by atoms with Crippen LogP contribution in [0.2, 0.25) is 5.02 Å². The minimum atomic E-state index is -0.122. The van der Waals surface area contributed by atoms with Gasteiger partial charge in [0.05, 0.1) is 21.8 Å². The summed E-state index contributed by atoms with van der Waals surface area (Å²) in [6.45, 7) is 4.59. The van der Waals surface area contributed by atoms with E-state index in [0.29, 0.717) is 21.6 Å². The van der Waals surface area contributed by atoms with E-state index in [1.54, 1.807) is 4.90 Å². The minimum Gasteiger partial charge on any atom is -0.279 e. The first-order valence-electron chi connectivity index (χ1n) is 9.92.